The maximum atomic E-state index is 12.4. The largest absolute Gasteiger partial charge is 0.439 e. The molecule has 156 valence electrons. The lowest BCUT2D eigenvalue weighted by Crippen LogP contribution is -2.52. The average Bonchev–Trinajstić information content (AvgIpc) is 3.10. The Bertz CT molecular complexity index is 938. The molecule has 2 N–H and O–H groups in total. The number of morpholine rings is 1. The monoisotopic (exact) mass is 418 g/mol. The van der Waals surface area contributed by atoms with Crippen LogP contribution >= 0.6 is 11.6 Å². The highest BCUT2D eigenvalue weighted by molar-refractivity contribution is 6.35. The van der Waals surface area contributed by atoms with Gasteiger partial charge in [-0.3, -0.25) is 4.90 Å². The van der Waals surface area contributed by atoms with Gasteiger partial charge in [-0.1, -0.05) is 37.8 Å². The zero-order valence-corrected chi connectivity index (χ0v) is 17.5. The predicted octanol–water partition coefficient (Wildman–Crippen LogP) is 4.39. The fourth-order valence-corrected chi connectivity index (χ4v) is 5.37. The molecule has 0 radical (unpaired) electrons. The zero-order chi connectivity index (χ0) is 20.0. The van der Waals surface area contributed by atoms with Crippen LogP contribution in [0.25, 0.3) is 11.1 Å². The number of ether oxygens (including phenoxy) is 1. The number of halogens is 1. The molecule has 1 spiro atoms. The van der Waals surface area contributed by atoms with Crippen molar-refractivity contribution < 1.29 is 13.9 Å². The first-order chi connectivity index (χ1) is 14.1. The van der Waals surface area contributed by atoms with E-state index >= 15 is 0 Å². The van der Waals surface area contributed by atoms with E-state index in [9.17, 15) is 4.79 Å². The molecule has 2 aliphatic heterocycles. The lowest BCUT2D eigenvalue weighted by atomic mass is 9.74. The molecule has 3 aliphatic rings. The molecule has 29 heavy (non-hydrogen) atoms. The molecule has 1 saturated carbocycles. The molecule has 1 aliphatic carbocycles. The van der Waals surface area contributed by atoms with E-state index in [1.165, 1.54) is 6.42 Å². The fraction of sp³-hybridized carbons (Fsp3) is 0.619. The van der Waals surface area contributed by atoms with E-state index in [0.29, 0.717) is 29.2 Å². The summed E-state index contributed by atoms with van der Waals surface area (Å²) in [6.07, 6.45) is 6.13. The van der Waals surface area contributed by atoms with Crippen LogP contribution in [0.2, 0.25) is 5.02 Å². The third-order valence-electron chi connectivity index (χ3n) is 6.61. The average molecular weight is 419 g/mol. The summed E-state index contributed by atoms with van der Waals surface area (Å²) in [5.74, 6) is 0.688. The summed E-state index contributed by atoms with van der Waals surface area (Å²) in [4.78, 5) is 19.5. The Morgan fingerprint density at radius 1 is 1.34 bits per heavy atom. The molecule has 1 atom stereocenters. The van der Waals surface area contributed by atoms with Gasteiger partial charge in [-0.2, -0.15) is 0 Å². The topological polar surface area (TPSA) is 79.6 Å². The number of nitrogens with one attached hydrogen (secondary N) is 2. The van der Waals surface area contributed by atoms with Gasteiger partial charge in [0.05, 0.1) is 36.0 Å². The Hall–Kier alpha value is -1.83. The van der Waals surface area contributed by atoms with Gasteiger partial charge in [-0.05, 0) is 25.3 Å². The second-order valence-electron chi connectivity index (χ2n) is 8.39. The number of amides is 2. The first-order valence-electron chi connectivity index (χ1n) is 10.6. The minimum absolute atomic E-state index is 0.195. The van der Waals surface area contributed by atoms with Gasteiger partial charge in [0.15, 0.2) is 5.58 Å². The van der Waals surface area contributed by atoms with Gasteiger partial charge in [0.2, 0.25) is 5.89 Å². The fourth-order valence-electron chi connectivity index (χ4n) is 5.13. The molecule has 1 aromatic heterocycles. The van der Waals surface area contributed by atoms with E-state index in [-0.39, 0.29) is 6.03 Å². The third-order valence-corrected chi connectivity index (χ3v) is 6.91. The molecular weight excluding hydrogens is 392 g/mol. The number of carbonyl (C=O) groups excluding carboxylic acids is 1. The van der Waals surface area contributed by atoms with Crippen LogP contribution in [0.3, 0.4) is 0 Å². The summed E-state index contributed by atoms with van der Waals surface area (Å²) in [5, 5.41) is 6.61. The summed E-state index contributed by atoms with van der Waals surface area (Å²) < 4.78 is 12.0. The molecule has 2 fully saturated rings. The quantitative estimate of drug-likeness (QED) is 0.772. The summed E-state index contributed by atoms with van der Waals surface area (Å²) >= 11 is 6.58. The molecule has 5 rings (SSSR count). The lowest BCUT2D eigenvalue weighted by Gasteiger charge is -2.42. The van der Waals surface area contributed by atoms with E-state index in [1.54, 1.807) is 0 Å². The predicted molar refractivity (Wildman–Crippen MR) is 111 cm³/mol. The van der Waals surface area contributed by atoms with Gasteiger partial charge in [-0.25, -0.2) is 9.78 Å². The molecule has 2 aromatic rings. The summed E-state index contributed by atoms with van der Waals surface area (Å²) in [7, 11) is 0. The number of urea groups is 1. The van der Waals surface area contributed by atoms with E-state index in [1.807, 2.05) is 6.07 Å². The van der Waals surface area contributed by atoms with Crippen molar-refractivity contribution in [1.29, 1.82) is 0 Å². The second-order valence-corrected chi connectivity index (χ2v) is 8.80. The van der Waals surface area contributed by atoms with E-state index in [4.69, 9.17) is 25.7 Å². The first-order valence-corrected chi connectivity index (χ1v) is 11.0. The highest BCUT2D eigenvalue weighted by atomic mass is 35.5. The number of fused-ring (bicyclic) bond motifs is 4. The molecule has 1 aromatic carbocycles. The van der Waals surface area contributed by atoms with Crippen molar-refractivity contribution in [1.82, 2.24) is 15.2 Å². The van der Waals surface area contributed by atoms with Crippen molar-refractivity contribution in [2.45, 2.75) is 63.6 Å². The van der Waals surface area contributed by atoms with Crippen molar-refractivity contribution in [3.8, 4) is 0 Å². The van der Waals surface area contributed by atoms with E-state index < -0.39 is 5.54 Å². The smallest absolute Gasteiger partial charge is 0.319 e. The Labute approximate surface area is 175 Å². The minimum atomic E-state index is -0.430. The van der Waals surface area contributed by atoms with Crippen molar-refractivity contribution in [3.63, 3.8) is 0 Å². The Morgan fingerprint density at radius 3 is 2.97 bits per heavy atom. The minimum Gasteiger partial charge on any atom is -0.439 e. The number of carbonyl (C=O) groups is 1. The number of aromatic nitrogens is 1. The SMILES string of the molecule is CCC1COCCN1Cc1nc2cc(Cl)c3c(c2o1)C1(CCCCC1)NC(=O)N3. The molecular formula is C21H27ClN4O3. The lowest BCUT2D eigenvalue weighted by molar-refractivity contribution is -0.0159. The number of hydrogen-bond donors (Lipinski definition) is 2. The maximum absolute atomic E-state index is 12.4. The number of hydrogen-bond acceptors (Lipinski definition) is 5. The van der Waals surface area contributed by atoms with Crippen LogP contribution in [0.5, 0.6) is 0 Å². The Morgan fingerprint density at radius 2 is 2.17 bits per heavy atom. The van der Waals surface area contributed by atoms with E-state index in [2.05, 4.69) is 22.5 Å². The van der Waals surface area contributed by atoms with Gasteiger partial charge < -0.3 is 19.8 Å². The van der Waals surface area contributed by atoms with Crippen molar-refractivity contribution in [3.05, 3.63) is 22.5 Å². The van der Waals surface area contributed by atoms with Crippen molar-refractivity contribution in [2.24, 2.45) is 0 Å². The van der Waals surface area contributed by atoms with Crippen LogP contribution in [0.1, 0.15) is 56.9 Å². The van der Waals surface area contributed by atoms with E-state index in [0.717, 1.165) is 68.5 Å². The normalized spacial score (nSPS) is 24.3. The number of nitrogens with zero attached hydrogens (tertiary/aromatic N) is 2. The number of anilines is 1. The van der Waals surface area contributed by atoms with Gasteiger partial charge in [-0.15, -0.1) is 0 Å². The summed E-state index contributed by atoms with van der Waals surface area (Å²) in [6.45, 7) is 5.18. The number of rotatable bonds is 3. The standard InChI is InChI=1S/C21H27ClN4O3/c1-2-13-12-28-9-8-26(13)11-16-23-15-10-14(22)18-17(19(15)29-16)21(25-20(27)24-18)6-4-3-5-7-21/h10,13H,2-9,11-12H2,1H3,(H2,24,25,27). The van der Waals surface area contributed by atoms with Crippen LogP contribution in [0.15, 0.2) is 10.5 Å². The molecule has 0 bridgehead atoms. The van der Waals surface area contributed by atoms with Crippen LogP contribution in [-0.4, -0.2) is 41.7 Å². The highest BCUT2D eigenvalue weighted by Gasteiger charge is 2.44. The number of benzene rings is 1. The van der Waals surface area contributed by atoms with Crippen LogP contribution in [-0.2, 0) is 16.8 Å². The van der Waals surface area contributed by atoms with Crippen molar-refractivity contribution in [2.75, 3.05) is 25.1 Å². The maximum Gasteiger partial charge on any atom is 0.319 e. The van der Waals surface area contributed by atoms with Gasteiger partial charge in [0.25, 0.3) is 0 Å². The van der Waals surface area contributed by atoms with Gasteiger partial charge in [0, 0.05) is 18.2 Å². The molecule has 1 saturated heterocycles. The first kappa shape index (κ1) is 19.2. The zero-order valence-electron chi connectivity index (χ0n) is 16.7. The Balaban J connectivity index is 1.58. The second kappa shape index (κ2) is 7.45. The third kappa shape index (κ3) is 3.29. The molecule has 8 heteroatoms. The molecule has 3 heterocycles. The summed E-state index contributed by atoms with van der Waals surface area (Å²) in [6, 6.07) is 1.99. The highest BCUT2D eigenvalue weighted by Crippen LogP contribution is 2.48. The molecule has 2 amide bonds. The van der Waals surface area contributed by atoms with Gasteiger partial charge in [0.1, 0.15) is 5.52 Å². The van der Waals surface area contributed by atoms with Crippen LogP contribution in [0, 0.1) is 0 Å². The molecule has 7 nitrogen and oxygen atoms in total. The molecule has 1 unspecified atom stereocenters. The van der Waals surface area contributed by atoms with Crippen LogP contribution in [0.4, 0.5) is 10.5 Å². The number of oxazole rings is 1. The van der Waals surface area contributed by atoms with Gasteiger partial charge >= 0.3 is 6.03 Å². The van der Waals surface area contributed by atoms with Crippen molar-refractivity contribution >= 4 is 34.4 Å². The Kier molecular flexibility index (Phi) is 4.92. The van der Waals surface area contributed by atoms with Crippen LogP contribution < -0.4 is 10.6 Å². The summed E-state index contributed by atoms with van der Waals surface area (Å²) in [5.41, 5.74) is 2.71.